The normalized spacial score (nSPS) is 11.2. The van der Waals surface area contributed by atoms with Crippen LogP contribution in [-0.4, -0.2) is 9.97 Å². The highest BCUT2D eigenvalue weighted by atomic mass is 79.9. The van der Waals surface area contributed by atoms with Crippen molar-refractivity contribution in [3.63, 3.8) is 0 Å². The van der Waals surface area contributed by atoms with Gasteiger partial charge in [0, 0.05) is 6.07 Å². The molecule has 0 saturated heterocycles. The number of benzene rings is 1. The number of aromatic amines is 1. The van der Waals surface area contributed by atoms with Gasteiger partial charge in [0.1, 0.15) is 11.6 Å². The van der Waals surface area contributed by atoms with Crippen LogP contribution in [0.25, 0.3) is 22.6 Å². The number of imidazole rings is 1. The van der Waals surface area contributed by atoms with E-state index in [0.717, 1.165) is 5.76 Å². The standard InChI is InChI=1S/C12H8BrFN2O/c1-6-2-3-11(17-6)12-15-9-4-7(13)8(14)5-10(9)16-12/h2-5H,1H3,(H,15,16). The van der Waals surface area contributed by atoms with E-state index in [0.29, 0.717) is 27.1 Å². The Morgan fingerprint density at radius 2 is 2.18 bits per heavy atom. The smallest absolute Gasteiger partial charge is 0.174 e. The average Bonchev–Trinajstić information content (AvgIpc) is 2.85. The van der Waals surface area contributed by atoms with Crippen LogP contribution in [0, 0.1) is 12.7 Å². The summed E-state index contributed by atoms with van der Waals surface area (Å²) in [5.41, 5.74) is 1.34. The lowest BCUT2D eigenvalue weighted by molar-refractivity contribution is 0.545. The van der Waals surface area contributed by atoms with Crippen LogP contribution in [0.3, 0.4) is 0 Å². The third-order valence-corrected chi connectivity index (χ3v) is 3.11. The first-order valence-electron chi connectivity index (χ1n) is 5.05. The van der Waals surface area contributed by atoms with E-state index in [4.69, 9.17) is 4.42 Å². The molecule has 0 spiro atoms. The Morgan fingerprint density at radius 1 is 1.35 bits per heavy atom. The molecule has 3 rings (SSSR count). The van der Waals surface area contributed by atoms with Crippen LogP contribution in [0.4, 0.5) is 4.39 Å². The molecular formula is C12H8BrFN2O. The number of hydrogen-bond donors (Lipinski definition) is 1. The summed E-state index contributed by atoms with van der Waals surface area (Å²) in [7, 11) is 0. The summed E-state index contributed by atoms with van der Waals surface area (Å²) in [4.78, 5) is 7.38. The lowest BCUT2D eigenvalue weighted by Crippen LogP contribution is -1.77. The van der Waals surface area contributed by atoms with E-state index < -0.39 is 0 Å². The van der Waals surface area contributed by atoms with Gasteiger partial charge in [0.15, 0.2) is 11.6 Å². The molecule has 1 N–H and O–H groups in total. The third-order valence-electron chi connectivity index (χ3n) is 2.50. The zero-order valence-electron chi connectivity index (χ0n) is 8.92. The van der Waals surface area contributed by atoms with Gasteiger partial charge in [-0.3, -0.25) is 0 Å². The second-order valence-corrected chi connectivity index (χ2v) is 4.63. The molecular weight excluding hydrogens is 287 g/mol. The van der Waals surface area contributed by atoms with Crippen LogP contribution in [-0.2, 0) is 0 Å². The van der Waals surface area contributed by atoms with Crippen LogP contribution in [0.5, 0.6) is 0 Å². The Bertz CT molecular complexity index is 663. The first kappa shape index (κ1) is 10.5. The summed E-state index contributed by atoms with van der Waals surface area (Å²) in [5.74, 6) is 1.75. The van der Waals surface area contributed by atoms with Crippen molar-refractivity contribution in [1.82, 2.24) is 9.97 Å². The zero-order valence-corrected chi connectivity index (χ0v) is 10.5. The maximum Gasteiger partial charge on any atom is 0.174 e. The van der Waals surface area contributed by atoms with Gasteiger partial charge in [-0.05, 0) is 41.1 Å². The van der Waals surface area contributed by atoms with Crippen molar-refractivity contribution in [2.24, 2.45) is 0 Å². The monoisotopic (exact) mass is 294 g/mol. The van der Waals surface area contributed by atoms with Crippen molar-refractivity contribution in [1.29, 1.82) is 0 Å². The maximum atomic E-state index is 13.3. The number of fused-ring (bicyclic) bond motifs is 1. The molecule has 2 aromatic heterocycles. The predicted octanol–water partition coefficient (Wildman–Crippen LogP) is 4.03. The number of halogens is 2. The van der Waals surface area contributed by atoms with Gasteiger partial charge in [-0.25, -0.2) is 9.37 Å². The average molecular weight is 295 g/mol. The number of furan rings is 1. The molecule has 0 aliphatic carbocycles. The number of aryl methyl sites for hydroxylation is 1. The van der Waals surface area contributed by atoms with Crippen molar-refractivity contribution >= 4 is 27.0 Å². The quantitative estimate of drug-likeness (QED) is 0.736. The Hall–Kier alpha value is -1.62. The van der Waals surface area contributed by atoms with E-state index in [1.165, 1.54) is 6.07 Å². The van der Waals surface area contributed by atoms with Crippen molar-refractivity contribution in [3.8, 4) is 11.6 Å². The largest absolute Gasteiger partial charge is 0.458 e. The van der Waals surface area contributed by atoms with Gasteiger partial charge in [-0.1, -0.05) is 0 Å². The molecule has 0 amide bonds. The van der Waals surface area contributed by atoms with Gasteiger partial charge in [-0.2, -0.15) is 0 Å². The lowest BCUT2D eigenvalue weighted by atomic mass is 10.3. The number of hydrogen-bond acceptors (Lipinski definition) is 2. The van der Waals surface area contributed by atoms with E-state index in [1.807, 2.05) is 19.1 Å². The van der Waals surface area contributed by atoms with E-state index in [2.05, 4.69) is 25.9 Å². The summed E-state index contributed by atoms with van der Waals surface area (Å²) in [5, 5.41) is 0. The van der Waals surface area contributed by atoms with Crippen molar-refractivity contribution in [2.45, 2.75) is 6.92 Å². The highest BCUT2D eigenvalue weighted by molar-refractivity contribution is 9.10. The Kier molecular flexibility index (Phi) is 2.29. The number of nitrogens with one attached hydrogen (secondary N) is 1. The number of H-pyrrole nitrogens is 1. The second-order valence-electron chi connectivity index (χ2n) is 3.78. The molecule has 0 aliphatic heterocycles. The van der Waals surface area contributed by atoms with Gasteiger partial charge < -0.3 is 9.40 Å². The summed E-state index contributed by atoms with van der Waals surface area (Å²) in [6, 6.07) is 6.74. The van der Waals surface area contributed by atoms with Crippen LogP contribution in [0.1, 0.15) is 5.76 Å². The maximum absolute atomic E-state index is 13.3. The molecule has 0 unspecified atom stereocenters. The SMILES string of the molecule is Cc1ccc(-c2nc3cc(Br)c(F)cc3[nH]2)o1. The topological polar surface area (TPSA) is 41.8 Å². The van der Waals surface area contributed by atoms with Gasteiger partial charge in [0.25, 0.3) is 0 Å². The number of aromatic nitrogens is 2. The third kappa shape index (κ3) is 1.76. The van der Waals surface area contributed by atoms with E-state index >= 15 is 0 Å². The van der Waals surface area contributed by atoms with Crippen molar-refractivity contribution in [3.05, 3.63) is 40.3 Å². The molecule has 0 fully saturated rings. The van der Waals surface area contributed by atoms with Crippen molar-refractivity contribution < 1.29 is 8.81 Å². The molecule has 0 atom stereocenters. The molecule has 3 aromatic rings. The summed E-state index contributed by atoms with van der Waals surface area (Å²) >= 11 is 3.13. The molecule has 0 saturated carbocycles. The van der Waals surface area contributed by atoms with Crippen LogP contribution < -0.4 is 0 Å². The minimum atomic E-state index is -0.316. The summed E-state index contributed by atoms with van der Waals surface area (Å²) in [6.07, 6.45) is 0. The van der Waals surface area contributed by atoms with E-state index in [1.54, 1.807) is 6.07 Å². The molecule has 86 valence electrons. The van der Waals surface area contributed by atoms with Crippen LogP contribution in [0.2, 0.25) is 0 Å². The zero-order chi connectivity index (χ0) is 12.0. The number of rotatable bonds is 1. The fraction of sp³-hybridized carbons (Fsp3) is 0.0833. The van der Waals surface area contributed by atoms with E-state index in [-0.39, 0.29) is 5.82 Å². The van der Waals surface area contributed by atoms with Crippen LogP contribution in [0.15, 0.2) is 33.2 Å². The van der Waals surface area contributed by atoms with Crippen molar-refractivity contribution in [2.75, 3.05) is 0 Å². The van der Waals surface area contributed by atoms with Crippen LogP contribution >= 0.6 is 15.9 Å². The molecule has 0 aliphatic rings. The number of nitrogens with zero attached hydrogens (tertiary/aromatic N) is 1. The minimum Gasteiger partial charge on any atom is -0.458 e. The van der Waals surface area contributed by atoms with Gasteiger partial charge in [0.2, 0.25) is 0 Å². The fourth-order valence-corrected chi connectivity index (χ4v) is 2.01. The minimum absolute atomic E-state index is 0.316. The highest BCUT2D eigenvalue weighted by Gasteiger charge is 2.10. The molecule has 3 nitrogen and oxygen atoms in total. The molecule has 5 heteroatoms. The summed E-state index contributed by atoms with van der Waals surface area (Å²) < 4.78 is 19.2. The Labute approximate surface area is 105 Å². The molecule has 0 radical (unpaired) electrons. The molecule has 2 heterocycles. The Balaban J connectivity index is 2.19. The van der Waals surface area contributed by atoms with E-state index in [9.17, 15) is 4.39 Å². The molecule has 1 aromatic carbocycles. The predicted molar refractivity (Wildman–Crippen MR) is 66.2 cm³/mol. The van der Waals surface area contributed by atoms with Gasteiger partial charge in [-0.15, -0.1) is 0 Å². The lowest BCUT2D eigenvalue weighted by Gasteiger charge is -1.92. The first-order chi connectivity index (χ1) is 8.13. The highest BCUT2D eigenvalue weighted by Crippen LogP contribution is 2.26. The molecule has 0 bridgehead atoms. The fourth-order valence-electron chi connectivity index (χ4n) is 1.68. The molecule has 17 heavy (non-hydrogen) atoms. The Morgan fingerprint density at radius 3 is 2.88 bits per heavy atom. The summed E-state index contributed by atoms with van der Waals surface area (Å²) in [6.45, 7) is 1.86. The first-order valence-corrected chi connectivity index (χ1v) is 5.84. The second kappa shape index (κ2) is 3.70. The van der Waals surface area contributed by atoms with Gasteiger partial charge in [0.05, 0.1) is 15.5 Å². The van der Waals surface area contributed by atoms with Gasteiger partial charge >= 0.3 is 0 Å².